The van der Waals surface area contributed by atoms with Crippen LogP contribution in [0.25, 0.3) is 0 Å². The Bertz CT molecular complexity index is 740. The summed E-state index contributed by atoms with van der Waals surface area (Å²) in [7, 11) is 0. The maximum absolute atomic E-state index is 13.4. The number of hydrogen-bond acceptors (Lipinski definition) is 4. The van der Waals surface area contributed by atoms with Gasteiger partial charge in [0.05, 0.1) is 24.8 Å². The molecule has 0 unspecified atom stereocenters. The molecule has 0 fully saturated rings. The van der Waals surface area contributed by atoms with Gasteiger partial charge >= 0.3 is 0 Å². The summed E-state index contributed by atoms with van der Waals surface area (Å²) in [5.41, 5.74) is 1.06. The van der Waals surface area contributed by atoms with Gasteiger partial charge in [0.15, 0.2) is 11.5 Å². The molecular weight excluding hydrogens is 347 g/mol. The summed E-state index contributed by atoms with van der Waals surface area (Å²) in [5, 5.41) is 5.62. The Kier molecular flexibility index (Phi) is 6.89. The van der Waals surface area contributed by atoms with Crippen LogP contribution in [0.4, 0.5) is 15.8 Å². The highest BCUT2D eigenvalue weighted by molar-refractivity contribution is 6.30. The van der Waals surface area contributed by atoms with Crippen molar-refractivity contribution in [3.63, 3.8) is 0 Å². The number of benzene rings is 2. The van der Waals surface area contributed by atoms with Gasteiger partial charge in [-0.05, 0) is 44.2 Å². The van der Waals surface area contributed by atoms with Crippen molar-refractivity contribution >= 4 is 28.9 Å². The van der Waals surface area contributed by atoms with Gasteiger partial charge in [0.2, 0.25) is 5.91 Å². The first kappa shape index (κ1) is 18.9. The van der Waals surface area contributed by atoms with E-state index in [0.717, 1.165) is 0 Å². The van der Waals surface area contributed by atoms with E-state index in [2.05, 4.69) is 10.6 Å². The molecule has 7 heteroatoms. The minimum atomic E-state index is -0.542. The van der Waals surface area contributed by atoms with E-state index in [1.165, 1.54) is 12.1 Å². The molecule has 0 spiro atoms. The third-order valence-corrected chi connectivity index (χ3v) is 3.51. The molecule has 0 heterocycles. The van der Waals surface area contributed by atoms with Gasteiger partial charge < -0.3 is 20.1 Å². The number of carbonyl (C=O) groups is 1. The lowest BCUT2D eigenvalue weighted by molar-refractivity contribution is -0.114. The standard InChI is InChI=1S/C18H20ClFN2O3/c1-3-24-16-8-6-13(10-17(16)25-4-2)22-18(23)11-21-12-5-7-14(19)15(20)9-12/h5-10,21H,3-4,11H2,1-2H3,(H,22,23). The molecule has 0 atom stereocenters. The minimum Gasteiger partial charge on any atom is -0.490 e. The molecule has 0 saturated heterocycles. The van der Waals surface area contributed by atoms with Crippen molar-refractivity contribution in [2.45, 2.75) is 13.8 Å². The van der Waals surface area contributed by atoms with Gasteiger partial charge in [-0.1, -0.05) is 11.6 Å². The molecule has 2 aromatic rings. The van der Waals surface area contributed by atoms with E-state index in [1.54, 1.807) is 24.3 Å². The topological polar surface area (TPSA) is 59.6 Å². The van der Waals surface area contributed by atoms with E-state index >= 15 is 0 Å². The van der Waals surface area contributed by atoms with Gasteiger partial charge in [0.1, 0.15) is 5.82 Å². The van der Waals surface area contributed by atoms with Crippen LogP contribution >= 0.6 is 11.6 Å². The summed E-state index contributed by atoms with van der Waals surface area (Å²) in [6, 6.07) is 9.44. The van der Waals surface area contributed by atoms with Crippen molar-refractivity contribution < 1.29 is 18.7 Å². The van der Waals surface area contributed by atoms with Crippen molar-refractivity contribution in [2.75, 3.05) is 30.4 Å². The number of halogens is 2. The Morgan fingerprint density at radius 2 is 1.72 bits per heavy atom. The van der Waals surface area contributed by atoms with Crippen molar-refractivity contribution in [3.05, 3.63) is 47.2 Å². The van der Waals surface area contributed by atoms with Gasteiger partial charge in [0.25, 0.3) is 0 Å². The molecule has 0 aliphatic rings. The van der Waals surface area contributed by atoms with E-state index in [9.17, 15) is 9.18 Å². The Balaban J connectivity index is 1.97. The average Bonchev–Trinajstić information content (AvgIpc) is 2.59. The number of amides is 1. The molecule has 0 bridgehead atoms. The van der Waals surface area contributed by atoms with E-state index in [4.69, 9.17) is 21.1 Å². The van der Waals surface area contributed by atoms with Gasteiger partial charge in [0, 0.05) is 17.4 Å². The van der Waals surface area contributed by atoms with E-state index in [1.807, 2.05) is 13.8 Å². The first-order valence-corrected chi connectivity index (χ1v) is 8.29. The quantitative estimate of drug-likeness (QED) is 0.730. The summed E-state index contributed by atoms with van der Waals surface area (Å²) in [6.45, 7) is 4.75. The fourth-order valence-electron chi connectivity index (χ4n) is 2.12. The average molecular weight is 367 g/mol. The fraction of sp³-hybridized carbons (Fsp3) is 0.278. The highest BCUT2D eigenvalue weighted by Crippen LogP contribution is 2.30. The van der Waals surface area contributed by atoms with Gasteiger partial charge in [-0.15, -0.1) is 0 Å². The van der Waals surface area contributed by atoms with Gasteiger partial charge in [-0.2, -0.15) is 0 Å². The van der Waals surface area contributed by atoms with Crippen molar-refractivity contribution in [2.24, 2.45) is 0 Å². The van der Waals surface area contributed by atoms with Crippen molar-refractivity contribution in [1.29, 1.82) is 0 Å². The van der Waals surface area contributed by atoms with E-state index in [0.29, 0.717) is 36.1 Å². The Morgan fingerprint density at radius 1 is 1.04 bits per heavy atom. The monoisotopic (exact) mass is 366 g/mol. The Labute approximate surface area is 151 Å². The summed E-state index contributed by atoms with van der Waals surface area (Å²) in [5.74, 6) is 0.369. The second kappa shape index (κ2) is 9.13. The normalized spacial score (nSPS) is 10.2. The van der Waals surface area contributed by atoms with Crippen LogP contribution in [-0.2, 0) is 4.79 Å². The van der Waals surface area contributed by atoms with Crippen molar-refractivity contribution in [3.8, 4) is 11.5 Å². The van der Waals surface area contributed by atoms with Crippen LogP contribution in [0.1, 0.15) is 13.8 Å². The third-order valence-electron chi connectivity index (χ3n) is 3.20. The van der Waals surface area contributed by atoms with Crippen LogP contribution in [-0.4, -0.2) is 25.7 Å². The number of rotatable bonds is 8. The molecule has 0 saturated carbocycles. The molecule has 2 aromatic carbocycles. The maximum atomic E-state index is 13.4. The van der Waals surface area contributed by atoms with Crippen LogP contribution in [0.2, 0.25) is 5.02 Å². The number of carbonyl (C=O) groups excluding carboxylic acids is 1. The first-order valence-electron chi connectivity index (χ1n) is 7.92. The molecular formula is C18H20ClFN2O3. The predicted molar refractivity (Wildman–Crippen MR) is 97.3 cm³/mol. The first-order chi connectivity index (χ1) is 12.0. The zero-order valence-corrected chi connectivity index (χ0v) is 14.8. The number of hydrogen-bond donors (Lipinski definition) is 2. The lowest BCUT2D eigenvalue weighted by Gasteiger charge is -2.13. The minimum absolute atomic E-state index is 0.0156. The van der Waals surface area contributed by atoms with Gasteiger partial charge in [-0.3, -0.25) is 4.79 Å². The lowest BCUT2D eigenvalue weighted by Crippen LogP contribution is -2.21. The molecule has 0 aromatic heterocycles. The summed E-state index contributed by atoms with van der Waals surface area (Å²) < 4.78 is 24.4. The van der Waals surface area contributed by atoms with Crippen LogP contribution in [0.3, 0.4) is 0 Å². The highest BCUT2D eigenvalue weighted by Gasteiger charge is 2.09. The fourth-order valence-corrected chi connectivity index (χ4v) is 2.24. The molecule has 0 aliphatic heterocycles. The molecule has 0 radical (unpaired) electrons. The predicted octanol–water partition coefficient (Wildman–Crippen LogP) is 4.33. The Morgan fingerprint density at radius 3 is 2.40 bits per heavy atom. The van der Waals surface area contributed by atoms with Crippen LogP contribution in [0.5, 0.6) is 11.5 Å². The second-order valence-corrected chi connectivity index (χ2v) is 5.47. The molecule has 2 N–H and O–H groups in total. The zero-order valence-electron chi connectivity index (χ0n) is 14.1. The zero-order chi connectivity index (χ0) is 18.2. The molecule has 25 heavy (non-hydrogen) atoms. The van der Waals surface area contributed by atoms with E-state index in [-0.39, 0.29) is 17.5 Å². The SMILES string of the molecule is CCOc1ccc(NC(=O)CNc2ccc(Cl)c(F)c2)cc1OCC. The number of nitrogens with one attached hydrogen (secondary N) is 2. The van der Waals surface area contributed by atoms with Crippen LogP contribution in [0.15, 0.2) is 36.4 Å². The third kappa shape index (κ3) is 5.53. The summed E-state index contributed by atoms with van der Waals surface area (Å²) >= 11 is 5.62. The summed E-state index contributed by atoms with van der Waals surface area (Å²) in [4.78, 5) is 12.1. The largest absolute Gasteiger partial charge is 0.490 e. The maximum Gasteiger partial charge on any atom is 0.243 e. The Hall–Kier alpha value is -2.47. The smallest absolute Gasteiger partial charge is 0.243 e. The van der Waals surface area contributed by atoms with Gasteiger partial charge in [-0.25, -0.2) is 4.39 Å². The molecule has 5 nitrogen and oxygen atoms in total. The highest BCUT2D eigenvalue weighted by atomic mass is 35.5. The number of ether oxygens (including phenoxy) is 2. The second-order valence-electron chi connectivity index (χ2n) is 5.06. The number of anilines is 2. The van der Waals surface area contributed by atoms with Crippen LogP contribution in [0, 0.1) is 5.82 Å². The van der Waals surface area contributed by atoms with Crippen molar-refractivity contribution in [1.82, 2.24) is 0 Å². The molecule has 1 amide bonds. The van der Waals surface area contributed by atoms with Crippen LogP contribution < -0.4 is 20.1 Å². The van der Waals surface area contributed by atoms with E-state index < -0.39 is 5.82 Å². The molecule has 2 rings (SSSR count). The molecule has 0 aliphatic carbocycles. The summed E-state index contributed by atoms with van der Waals surface area (Å²) in [6.07, 6.45) is 0. The lowest BCUT2D eigenvalue weighted by atomic mass is 10.2. The molecule has 134 valence electrons.